The van der Waals surface area contributed by atoms with Crippen molar-refractivity contribution in [2.45, 2.75) is 26.0 Å². The fourth-order valence-corrected chi connectivity index (χ4v) is 2.14. The zero-order valence-electron chi connectivity index (χ0n) is 10.3. The summed E-state index contributed by atoms with van der Waals surface area (Å²) >= 11 is 0. The van der Waals surface area contributed by atoms with Crippen molar-refractivity contribution in [3.63, 3.8) is 0 Å². The Morgan fingerprint density at radius 3 is 2.67 bits per heavy atom. The number of aromatic hydroxyl groups is 1. The summed E-state index contributed by atoms with van der Waals surface area (Å²) in [6.07, 6.45) is 1.11. The van der Waals surface area contributed by atoms with E-state index in [2.05, 4.69) is 4.90 Å². The van der Waals surface area contributed by atoms with Gasteiger partial charge in [0.05, 0.1) is 12.7 Å². The van der Waals surface area contributed by atoms with Crippen LogP contribution in [0.1, 0.15) is 18.9 Å². The van der Waals surface area contributed by atoms with Gasteiger partial charge in [0.2, 0.25) is 0 Å². The van der Waals surface area contributed by atoms with Gasteiger partial charge in [0.25, 0.3) is 0 Å². The van der Waals surface area contributed by atoms with E-state index in [0.717, 1.165) is 19.5 Å². The molecule has 0 saturated carbocycles. The van der Waals surface area contributed by atoms with Crippen molar-refractivity contribution in [1.29, 1.82) is 0 Å². The number of ether oxygens (including phenoxy) is 1. The summed E-state index contributed by atoms with van der Waals surface area (Å²) in [5.41, 5.74) is 0.527. The summed E-state index contributed by atoms with van der Waals surface area (Å²) in [4.78, 5) is 2.10. The van der Waals surface area contributed by atoms with Gasteiger partial charge < -0.3 is 9.84 Å². The number of hydrogen-bond acceptors (Lipinski definition) is 3. The fraction of sp³-hybridized carbons (Fsp3) is 0.538. The lowest BCUT2D eigenvalue weighted by molar-refractivity contribution is -0.0325. The van der Waals surface area contributed by atoms with Crippen LogP contribution in [-0.2, 0) is 11.3 Å². The SMILES string of the molecule is CCC1CN(Cc2cc(F)c(O)c(F)c2)CCO1. The first-order valence-corrected chi connectivity index (χ1v) is 6.11. The van der Waals surface area contributed by atoms with Gasteiger partial charge in [-0.3, -0.25) is 4.90 Å². The molecule has 0 bridgehead atoms. The molecule has 1 heterocycles. The third kappa shape index (κ3) is 2.97. The highest BCUT2D eigenvalue weighted by molar-refractivity contribution is 5.30. The molecule has 1 N–H and O–H groups in total. The van der Waals surface area contributed by atoms with E-state index >= 15 is 0 Å². The van der Waals surface area contributed by atoms with E-state index in [1.165, 1.54) is 12.1 Å². The Balaban J connectivity index is 2.05. The maximum atomic E-state index is 13.2. The molecule has 100 valence electrons. The number of hydrogen-bond donors (Lipinski definition) is 1. The van der Waals surface area contributed by atoms with Crippen molar-refractivity contribution in [1.82, 2.24) is 4.90 Å². The average molecular weight is 257 g/mol. The molecule has 1 saturated heterocycles. The Hall–Kier alpha value is -1.20. The molecule has 1 aromatic carbocycles. The van der Waals surface area contributed by atoms with Gasteiger partial charge in [-0.1, -0.05) is 6.92 Å². The van der Waals surface area contributed by atoms with E-state index in [-0.39, 0.29) is 6.10 Å². The Kier molecular flexibility index (Phi) is 4.14. The molecule has 5 heteroatoms. The van der Waals surface area contributed by atoms with Gasteiger partial charge in [-0.05, 0) is 24.1 Å². The van der Waals surface area contributed by atoms with Gasteiger partial charge in [-0.2, -0.15) is 0 Å². The molecule has 18 heavy (non-hydrogen) atoms. The summed E-state index contributed by atoms with van der Waals surface area (Å²) in [6, 6.07) is 2.35. The second-order valence-electron chi connectivity index (χ2n) is 4.54. The third-order valence-electron chi connectivity index (χ3n) is 3.16. The van der Waals surface area contributed by atoms with E-state index < -0.39 is 17.4 Å². The number of nitrogens with zero attached hydrogens (tertiary/aromatic N) is 1. The summed E-state index contributed by atoms with van der Waals surface area (Å²) in [6.45, 7) is 4.67. The summed E-state index contributed by atoms with van der Waals surface area (Å²) < 4.78 is 31.9. The fourth-order valence-electron chi connectivity index (χ4n) is 2.14. The van der Waals surface area contributed by atoms with Crippen molar-refractivity contribution >= 4 is 0 Å². The summed E-state index contributed by atoms with van der Waals surface area (Å²) in [7, 11) is 0. The molecule has 0 spiro atoms. The molecule has 1 atom stereocenters. The van der Waals surface area contributed by atoms with Crippen LogP contribution < -0.4 is 0 Å². The lowest BCUT2D eigenvalue weighted by Crippen LogP contribution is -2.41. The maximum absolute atomic E-state index is 13.2. The first kappa shape index (κ1) is 13.2. The number of phenols is 1. The van der Waals surface area contributed by atoms with E-state index in [1.807, 2.05) is 6.92 Å². The molecule has 2 rings (SSSR count). The molecule has 0 amide bonds. The number of phenolic OH excluding ortho intramolecular Hbond substituents is 1. The molecule has 3 nitrogen and oxygen atoms in total. The number of halogens is 2. The van der Waals surface area contributed by atoms with Gasteiger partial charge in [0.15, 0.2) is 17.4 Å². The monoisotopic (exact) mass is 257 g/mol. The number of morpholine rings is 1. The minimum atomic E-state index is -0.912. The second-order valence-corrected chi connectivity index (χ2v) is 4.54. The topological polar surface area (TPSA) is 32.7 Å². The highest BCUT2D eigenvalue weighted by Gasteiger charge is 2.20. The molecule has 0 aliphatic carbocycles. The lowest BCUT2D eigenvalue weighted by atomic mass is 10.1. The zero-order chi connectivity index (χ0) is 13.1. The number of rotatable bonds is 3. The van der Waals surface area contributed by atoms with Gasteiger partial charge in [-0.15, -0.1) is 0 Å². The predicted molar refractivity (Wildman–Crippen MR) is 63.3 cm³/mol. The Bertz CT molecular complexity index is 402. The second kappa shape index (κ2) is 5.63. The Morgan fingerprint density at radius 2 is 2.06 bits per heavy atom. The van der Waals surface area contributed by atoms with Gasteiger partial charge in [0, 0.05) is 19.6 Å². The van der Waals surface area contributed by atoms with E-state index in [0.29, 0.717) is 18.7 Å². The van der Waals surface area contributed by atoms with Crippen molar-refractivity contribution in [2.24, 2.45) is 0 Å². The van der Waals surface area contributed by atoms with Crippen LogP contribution in [0, 0.1) is 11.6 Å². The highest BCUT2D eigenvalue weighted by atomic mass is 19.1. The molecular weight excluding hydrogens is 240 g/mol. The average Bonchev–Trinajstić information content (AvgIpc) is 2.36. The van der Waals surface area contributed by atoms with E-state index in [9.17, 15) is 8.78 Å². The molecular formula is C13H17F2NO2. The van der Waals surface area contributed by atoms with Crippen LogP contribution in [-0.4, -0.2) is 35.8 Å². The molecule has 1 unspecified atom stereocenters. The molecule has 0 radical (unpaired) electrons. The van der Waals surface area contributed by atoms with Crippen LogP contribution in [0.2, 0.25) is 0 Å². The van der Waals surface area contributed by atoms with Crippen LogP contribution in [0.15, 0.2) is 12.1 Å². The largest absolute Gasteiger partial charge is 0.503 e. The van der Waals surface area contributed by atoms with Crippen LogP contribution in [0.4, 0.5) is 8.78 Å². The van der Waals surface area contributed by atoms with Crippen molar-refractivity contribution in [3.05, 3.63) is 29.3 Å². The summed E-state index contributed by atoms with van der Waals surface area (Å²) in [5, 5.41) is 9.03. The van der Waals surface area contributed by atoms with Crippen LogP contribution >= 0.6 is 0 Å². The van der Waals surface area contributed by atoms with Gasteiger partial charge in [0.1, 0.15) is 0 Å². The third-order valence-corrected chi connectivity index (χ3v) is 3.16. The minimum Gasteiger partial charge on any atom is -0.503 e. The first-order chi connectivity index (χ1) is 8.60. The predicted octanol–water partition coefficient (Wildman–Crippen LogP) is 2.28. The first-order valence-electron chi connectivity index (χ1n) is 6.11. The molecule has 1 aromatic rings. The highest BCUT2D eigenvalue weighted by Crippen LogP contribution is 2.22. The minimum absolute atomic E-state index is 0.186. The van der Waals surface area contributed by atoms with Gasteiger partial charge in [-0.25, -0.2) is 8.78 Å². The molecule has 1 aliphatic rings. The van der Waals surface area contributed by atoms with Crippen LogP contribution in [0.3, 0.4) is 0 Å². The quantitative estimate of drug-likeness (QED) is 0.901. The number of benzene rings is 1. The van der Waals surface area contributed by atoms with E-state index in [1.54, 1.807) is 0 Å². The normalized spacial score (nSPS) is 21.2. The zero-order valence-corrected chi connectivity index (χ0v) is 10.3. The smallest absolute Gasteiger partial charge is 0.187 e. The lowest BCUT2D eigenvalue weighted by Gasteiger charge is -2.32. The van der Waals surface area contributed by atoms with Crippen molar-refractivity contribution in [3.8, 4) is 5.75 Å². The standard InChI is InChI=1S/C13H17F2NO2/c1-2-10-8-16(3-4-18-10)7-9-5-11(14)13(17)12(15)6-9/h5-6,10,17H,2-4,7-8H2,1H3. The molecule has 0 aromatic heterocycles. The van der Waals surface area contributed by atoms with Crippen LogP contribution in [0.5, 0.6) is 5.75 Å². The molecule has 1 fully saturated rings. The Morgan fingerprint density at radius 1 is 1.39 bits per heavy atom. The summed E-state index contributed by atoms with van der Waals surface area (Å²) in [5.74, 6) is -2.73. The van der Waals surface area contributed by atoms with Gasteiger partial charge >= 0.3 is 0 Å². The molecule has 1 aliphatic heterocycles. The van der Waals surface area contributed by atoms with Crippen LogP contribution in [0.25, 0.3) is 0 Å². The van der Waals surface area contributed by atoms with Crippen molar-refractivity contribution < 1.29 is 18.6 Å². The van der Waals surface area contributed by atoms with E-state index in [4.69, 9.17) is 9.84 Å². The van der Waals surface area contributed by atoms with Crippen molar-refractivity contribution in [2.75, 3.05) is 19.7 Å². The Labute approximate surface area is 105 Å². The maximum Gasteiger partial charge on any atom is 0.187 e.